The van der Waals surface area contributed by atoms with E-state index in [1.54, 1.807) is 12.1 Å². The van der Waals surface area contributed by atoms with Crippen LogP contribution in [0.3, 0.4) is 0 Å². The van der Waals surface area contributed by atoms with Crippen molar-refractivity contribution < 1.29 is 14.0 Å². The third-order valence-electron chi connectivity index (χ3n) is 6.79. The minimum atomic E-state index is -0.285. The number of amides is 2. The van der Waals surface area contributed by atoms with Crippen LogP contribution in [0.5, 0.6) is 0 Å². The molecule has 3 aliphatic rings. The smallest absolute Gasteiger partial charge is 0.234 e. The molecule has 6 heteroatoms. The van der Waals surface area contributed by atoms with Gasteiger partial charge >= 0.3 is 0 Å². The largest absolute Gasteiger partial charge is 0.355 e. The standard InChI is InChI=1S/C24H34FN3O2/c1-22(2,3)27-20(29)14-28-15-23(16-28)10-18(11-23)13-26-21(30)24(8-9-24)12-17-4-6-19(25)7-5-17/h4-7,18H,8-16H2,1-3H3,(H,26,30)(H,27,29). The van der Waals surface area contributed by atoms with E-state index < -0.39 is 0 Å². The van der Waals surface area contributed by atoms with Gasteiger partial charge in [-0.2, -0.15) is 0 Å². The predicted octanol–water partition coefficient (Wildman–Crippen LogP) is 2.89. The number of halogens is 1. The minimum absolute atomic E-state index is 0.0939. The zero-order valence-electron chi connectivity index (χ0n) is 18.4. The topological polar surface area (TPSA) is 61.4 Å². The van der Waals surface area contributed by atoms with E-state index >= 15 is 0 Å². The van der Waals surface area contributed by atoms with Gasteiger partial charge < -0.3 is 10.6 Å². The molecule has 1 aromatic carbocycles. The number of benzene rings is 1. The van der Waals surface area contributed by atoms with Crippen molar-refractivity contribution in [3.05, 3.63) is 35.6 Å². The van der Waals surface area contributed by atoms with Gasteiger partial charge in [0.15, 0.2) is 0 Å². The Hall–Kier alpha value is -1.95. The van der Waals surface area contributed by atoms with Crippen LogP contribution < -0.4 is 10.6 Å². The number of hydrogen-bond donors (Lipinski definition) is 2. The van der Waals surface area contributed by atoms with Gasteiger partial charge in [-0.05, 0) is 81.9 Å². The summed E-state index contributed by atoms with van der Waals surface area (Å²) >= 11 is 0. The molecule has 3 fully saturated rings. The fourth-order valence-electron chi connectivity index (χ4n) is 5.30. The highest BCUT2D eigenvalue weighted by molar-refractivity contribution is 5.85. The van der Waals surface area contributed by atoms with Crippen LogP contribution >= 0.6 is 0 Å². The summed E-state index contributed by atoms with van der Waals surface area (Å²) in [6.07, 6.45) is 4.79. The van der Waals surface area contributed by atoms with Gasteiger partial charge in [-0.3, -0.25) is 14.5 Å². The molecule has 1 aromatic rings. The lowest BCUT2D eigenvalue weighted by molar-refractivity contribution is -0.135. The van der Waals surface area contributed by atoms with Gasteiger partial charge in [-0.1, -0.05) is 12.1 Å². The van der Waals surface area contributed by atoms with Crippen LogP contribution in [0, 0.1) is 22.6 Å². The molecule has 1 heterocycles. The first-order valence-corrected chi connectivity index (χ1v) is 11.1. The molecule has 0 unspecified atom stereocenters. The SMILES string of the molecule is CC(C)(C)NC(=O)CN1CC2(CC(CNC(=O)C3(Cc4ccc(F)cc4)CC3)C2)C1. The summed E-state index contributed by atoms with van der Waals surface area (Å²) in [5, 5.41) is 6.20. The molecule has 5 nitrogen and oxygen atoms in total. The lowest BCUT2D eigenvalue weighted by atomic mass is 9.57. The molecule has 30 heavy (non-hydrogen) atoms. The highest BCUT2D eigenvalue weighted by Gasteiger charge is 2.53. The maximum absolute atomic E-state index is 13.1. The summed E-state index contributed by atoms with van der Waals surface area (Å²) in [5.74, 6) is 0.552. The van der Waals surface area contributed by atoms with Crippen molar-refractivity contribution in [3.8, 4) is 0 Å². The third-order valence-corrected chi connectivity index (χ3v) is 6.79. The number of carbonyl (C=O) groups excluding carboxylic acids is 2. The predicted molar refractivity (Wildman–Crippen MR) is 114 cm³/mol. The molecule has 4 rings (SSSR count). The van der Waals surface area contributed by atoms with Crippen LogP contribution in [-0.4, -0.2) is 48.4 Å². The molecule has 1 saturated heterocycles. The molecule has 2 N–H and O–H groups in total. The summed E-state index contributed by atoms with van der Waals surface area (Å²) < 4.78 is 13.1. The van der Waals surface area contributed by atoms with Gasteiger partial charge in [0, 0.05) is 25.2 Å². The summed E-state index contributed by atoms with van der Waals surface area (Å²) in [6, 6.07) is 6.49. The summed E-state index contributed by atoms with van der Waals surface area (Å²) in [7, 11) is 0. The van der Waals surface area contributed by atoms with Crippen LogP contribution in [0.25, 0.3) is 0 Å². The van der Waals surface area contributed by atoms with E-state index in [4.69, 9.17) is 0 Å². The fraction of sp³-hybridized carbons (Fsp3) is 0.667. The summed E-state index contributed by atoms with van der Waals surface area (Å²) in [4.78, 5) is 27.0. The van der Waals surface area contributed by atoms with E-state index in [-0.39, 0.29) is 28.6 Å². The molecule has 2 saturated carbocycles. The normalized spacial score (nSPS) is 22.1. The molecule has 0 atom stereocenters. The second kappa shape index (κ2) is 7.63. The van der Waals surface area contributed by atoms with Crippen molar-refractivity contribution >= 4 is 11.8 Å². The average Bonchev–Trinajstić information content (AvgIpc) is 3.36. The molecule has 2 aliphatic carbocycles. The minimum Gasteiger partial charge on any atom is -0.355 e. The second-order valence-electron chi connectivity index (χ2n) is 11.0. The summed E-state index contributed by atoms with van der Waals surface area (Å²) in [6.45, 7) is 9.20. The molecule has 0 radical (unpaired) electrons. The number of likely N-dealkylation sites (tertiary alicyclic amines) is 1. The van der Waals surface area contributed by atoms with E-state index in [1.807, 2.05) is 20.8 Å². The number of carbonyl (C=O) groups is 2. The van der Waals surface area contributed by atoms with E-state index in [0.29, 0.717) is 24.3 Å². The van der Waals surface area contributed by atoms with E-state index in [9.17, 15) is 14.0 Å². The molecular formula is C24H34FN3O2. The van der Waals surface area contributed by atoms with Crippen LogP contribution in [0.1, 0.15) is 52.0 Å². The van der Waals surface area contributed by atoms with Crippen LogP contribution in [-0.2, 0) is 16.0 Å². The van der Waals surface area contributed by atoms with Crippen molar-refractivity contribution in [1.82, 2.24) is 15.5 Å². The number of hydrogen-bond acceptors (Lipinski definition) is 3. The number of rotatable bonds is 7. The third kappa shape index (κ3) is 4.85. The van der Waals surface area contributed by atoms with Gasteiger partial charge in [0.1, 0.15) is 5.82 Å². The molecule has 1 spiro atoms. The maximum Gasteiger partial charge on any atom is 0.234 e. The van der Waals surface area contributed by atoms with Crippen molar-refractivity contribution in [2.45, 2.75) is 58.4 Å². The Balaban J connectivity index is 1.15. The van der Waals surface area contributed by atoms with Gasteiger partial charge in [-0.15, -0.1) is 0 Å². The Labute approximate surface area is 178 Å². The average molecular weight is 416 g/mol. The molecular weight excluding hydrogens is 381 g/mol. The van der Waals surface area contributed by atoms with E-state index in [1.165, 1.54) is 12.1 Å². The van der Waals surface area contributed by atoms with Crippen LogP contribution in [0.2, 0.25) is 0 Å². The molecule has 0 aromatic heterocycles. The van der Waals surface area contributed by atoms with Crippen molar-refractivity contribution in [2.75, 3.05) is 26.2 Å². The van der Waals surface area contributed by atoms with Gasteiger partial charge in [0.05, 0.1) is 12.0 Å². The Bertz CT molecular complexity index is 797. The molecule has 164 valence electrons. The maximum atomic E-state index is 13.1. The molecule has 0 bridgehead atoms. The monoisotopic (exact) mass is 415 g/mol. The number of nitrogens with one attached hydrogen (secondary N) is 2. The lowest BCUT2D eigenvalue weighted by Crippen LogP contribution is -2.65. The van der Waals surface area contributed by atoms with Gasteiger partial charge in [0.25, 0.3) is 0 Å². The quantitative estimate of drug-likeness (QED) is 0.720. The second-order valence-corrected chi connectivity index (χ2v) is 11.0. The summed E-state index contributed by atoms with van der Waals surface area (Å²) in [5.41, 5.74) is 0.918. The van der Waals surface area contributed by atoms with Crippen LogP contribution in [0.4, 0.5) is 4.39 Å². The zero-order valence-corrected chi connectivity index (χ0v) is 18.4. The fourth-order valence-corrected chi connectivity index (χ4v) is 5.30. The van der Waals surface area contributed by atoms with Gasteiger partial charge in [0.2, 0.25) is 11.8 Å². The highest BCUT2D eigenvalue weighted by Crippen LogP contribution is 2.52. The Morgan fingerprint density at radius 1 is 1.13 bits per heavy atom. The first-order chi connectivity index (χ1) is 14.1. The van der Waals surface area contributed by atoms with E-state index in [2.05, 4.69) is 15.5 Å². The van der Waals surface area contributed by atoms with Crippen LogP contribution in [0.15, 0.2) is 24.3 Å². The van der Waals surface area contributed by atoms with Crippen molar-refractivity contribution in [3.63, 3.8) is 0 Å². The van der Waals surface area contributed by atoms with Gasteiger partial charge in [-0.25, -0.2) is 4.39 Å². The van der Waals surface area contributed by atoms with Crippen molar-refractivity contribution in [1.29, 1.82) is 0 Å². The molecule has 2 amide bonds. The Kier molecular flexibility index (Phi) is 5.41. The highest BCUT2D eigenvalue weighted by atomic mass is 19.1. The molecule has 1 aliphatic heterocycles. The first-order valence-electron chi connectivity index (χ1n) is 11.1. The van der Waals surface area contributed by atoms with E-state index in [0.717, 1.165) is 50.9 Å². The number of nitrogens with zero attached hydrogens (tertiary/aromatic N) is 1. The Morgan fingerprint density at radius 3 is 2.33 bits per heavy atom. The zero-order chi connectivity index (χ0) is 21.6. The first kappa shape index (κ1) is 21.3. The Morgan fingerprint density at radius 2 is 1.77 bits per heavy atom. The lowest BCUT2D eigenvalue weighted by Gasteiger charge is -2.59. The van der Waals surface area contributed by atoms with Crippen molar-refractivity contribution in [2.24, 2.45) is 16.7 Å².